The first-order valence-electron chi connectivity index (χ1n) is 7.29. The standard InChI is InChI=1S/C13H23N5O3S/c1-5-6-14-13(19)12-7-11(16-22(20,21)18(12)4)10-8-17(3)15-9(10)2/h8,11-12,16H,5-7H2,1-4H3,(H,14,19)/t11-,12-/m0/s1. The molecular weight excluding hydrogens is 306 g/mol. The average molecular weight is 329 g/mol. The van der Waals surface area contributed by atoms with Gasteiger partial charge in [-0.05, 0) is 19.8 Å². The van der Waals surface area contributed by atoms with Crippen molar-refractivity contribution in [2.75, 3.05) is 13.6 Å². The van der Waals surface area contributed by atoms with Gasteiger partial charge in [-0.25, -0.2) is 0 Å². The van der Waals surface area contributed by atoms with Crippen LogP contribution in [0.1, 0.15) is 37.1 Å². The van der Waals surface area contributed by atoms with E-state index in [1.807, 2.05) is 13.8 Å². The number of carbonyl (C=O) groups excluding carboxylic acids is 1. The van der Waals surface area contributed by atoms with Gasteiger partial charge in [0.05, 0.1) is 11.7 Å². The molecule has 2 N–H and O–H groups in total. The number of aromatic nitrogens is 2. The van der Waals surface area contributed by atoms with Gasteiger partial charge in [0.2, 0.25) is 5.91 Å². The van der Waals surface area contributed by atoms with E-state index in [1.54, 1.807) is 17.9 Å². The van der Waals surface area contributed by atoms with Crippen molar-refractivity contribution in [3.05, 3.63) is 17.5 Å². The average Bonchev–Trinajstić information content (AvgIpc) is 2.77. The molecule has 1 aromatic heterocycles. The summed E-state index contributed by atoms with van der Waals surface area (Å²) < 4.78 is 29.9. The number of rotatable bonds is 4. The lowest BCUT2D eigenvalue weighted by Crippen LogP contribution is -2.57. The minimum Gasteiger partial charge on any atom is -0.355 e. The van der Waals surface area contributed by atoms with Crippen molar-refractivity contribution in [2.45, 2.75) is 38.8 Å². The monoisotopic (exact) mass is 329 g/mol. The van der Waals surface area contributed by atoms with Gasteiger partial charge in [0, 0.05) is 32.4 Å². The predicted molar refractivity (Wildman–Crippen MR) is 82.2 cm³/mol. The highest BCUT2D eigenvalue weighted by molar-refractivity contribution is 7.87. The Hall–Kier alpha value is -1.45. The third-order valence-corrected chi connectivity index (χ3v) is 5.44. The Balaban J connectivity index is 2.28. The van der Waals surface area contributed by atoms with Crippen molar-refractivity contribution in [3.63, 3.8) is 0 Å². The molecule has 2 rings (SSSR count). The van der Waals surface area contributed by atoms with Crippen LogP contribution in [0, 0.1) is 6.92 Å². The lowest BCUT2D eigenvalue weighted by molar-refractivity contribution is -0.125. The number of nitrogens with one attached hydrogen (secondary N) is 2. The van der Waals surface area contributed by atoms with E-state index in [9.17, 15) is 13.2 Å². The molecule has 2 atom stereocenters. The number of amides is 1. The Kier molecular flexibility index (Phi) is 4.88. The Morgan fingerprint density at radius 1 is 1.50 bits per heavy atom. The SMILES string of the molecule is CCCNC(=O)[C@@H]1C[C@@H](c2cn(C)nc2C)NS(=O)(=O)N1C. The van der Waals surface area contributed by atoms with Crippen molar-refractivity contribution in [1.82, 2.24) is 24.1 Å². The number of nitrogens with zero attached hydrogens (tertiary/aromatic N) is 3. The van der Waals surface area contributed by atoms with Gasteiger partial charge in [-0.3, -0.25) is 9.48 Å². The second kappa shape index (κ2) is 6.35. The third-order valence-electron chi connectivity index (χ3n) is 3.85. The Morgan fingerprint density at radius 2 is 2.18 bits per heavy atom. The zero-order valence-electron chi connectivity index (χ0n) is 13.3. The molecule has 0 radical (unpaired) electrons. The molecule has 1 saturated heterocycles. The van der Waals surface area contributed by atoms with Crippen molar-refractivity contribution in [1.29, 1.82) is 0 Å². The number of hydrogen-bond acceptors (Lipinski definition) is 4. The lowest BCUT2D eigenvalue weighted by Gasteiger charge is -2.36. The minimum atomic E-state index is -3.70. The number of aryl methyl sites for hydroxylation is 2. The van der Waals surface area contributed by atoms with Gasteiger partial charge >= 0.3 is 0 Å². The van der Waals surface area contributed by atoms with Gasteiger partial charge < -0.3 is 5.32 Å². The highest BCUT2D eigenvalue weighted by atomic mass is 32.2. The molecule has 1 aromatic rings. The summed E-state index contributed by atoms with van der Waals surface area (Å²) in [6.45, 7) is 4.31. The largest absolute Gasteiger partial charge is 0.355 e. The molecule has 1 amide bonds. The van der Waals surface area contributed by atoms with Gasteiger partial charge in [0.15, 0.2) is 0 Å². The number of likely N-dealkylation sites (N-methyl/N-ethyl adjacent to an activating group) is 1. The van der Waals surface area contributed by atoms with Gasteiger partial charge in [0.25, 0.3) is 10.2 Å². The molecule has 0 aromatic carbocycles. The molecule has 9 heteroatoms. The van der Waals surface area contributed by atoms with Crippen molar-refractivity contribution in [3.8, 4) is 0 Å². The van der Waals surface area contributed by atoms with E-state index < -0.39 is 22.3 Å². The fourth-order valence-electron chi connectivity index (χ4n) is 2.64. The Labute approximate surface area is 131 Å². The first-order chi connectivity index (χ1) is 10.3. The van der Waals surface area contributed by atoms with E-state index in [0.717, 1.165) is 22.0 Å². The minimum absolute atomic E-state index is 0.263. The van der Waals surface area contributed by atoms with E-state index in [2.05, 4.69) is 15.1 Å². The maximum absolute atomic E-state index is 12.3. The zero-order chi connectivity index (χ0) is 16.5. The maximum atomic E-state index is 12.3. The quantitative estimate of drug-likeness (QED) is 0.802. The topological polar surface area (TPSA) is 96.3 Å². The number of hydrogen-bond donors (Lipinski definition) is 2. The molecule has 0 unspecified atom stereocenters. The first kappa shape index (κ1) is 16.9. The summed E-state index contributed by atoms with van der Waals surface area (Å²) in [4.78, 5) is 12.3. The van der Waals surface area contributed by atoms with Gasteiger partial charge in [-0.15, -0.1) is 0 Å². The van der Waals surface area contributed by atoms with Crippen LogP contribution >= 0.6 is 0 Å². The molecule has 124 valence electrons. The summed E-state index contributed by atoms with van der Waals surface area (Å²) in [5.41, 5.74) is 1.56. The van der Waals surface area contributed by atoms with Gasteiger partial charge in [-0.1, -0.05) is 6.92 Å². The molecule has 0 aliphatic carbocycles. The van der Waals surface area contributed by atoms with E-state index in [1.165, 1.54) is 7.05 Å². The highest BCUT2D eigenvalue weighted by Crippen LogP contribution is 2.29. The second-order valence-electron chi connectivity index (χ2n) is 5.58. The molecule has 8 nitrogen and oxygen atoms in total. The van der Waals surface area contributed by atoms with Crippen LogP contribution in [0.25, 0.3) is 0 Å². The lowest BCUT2D eigenvalue weighted by atomic mass is 10.00. The third kappa shape index (κ3) is 3.31. The summed E-state index contributed by atoms with van der Waals surface area (Å²) in [5, 5.41) is 7.01. The summed E-state index contributed by atoms with van der Waals surface area (Å²) in [6.07, 6.45) is 2.96. The molecular formula is C13H23N5O3S. The molecule has 0 spiro atoms. The summed E-state index contributed by atoms with van der Waals surface area (Å²) in [7, 11) is -0.495. The van der Waals surface area contributed by atoms with Crippen LogP contribution in [0.2, 0.25) is 0 Å². The molecule has 0 bridgehead atoms. The van der Waals surface area contributed by atoms with E-state index in [-0.39, 0.29) is 5.91 Å². The maximum Gasteiger partial charge on any atom is 0.280 e. The normalized spacial score (nSPS) is 25.1. The Bertz CT molecular complexity index is 655. The van der Waals surface area contributed by atoms with E-state index >= 15 is 0 Å². The van der Waals surface area contributed by atoms with Crippen LogP contribution < -0.4 is 10.0 Å². The first-order valence-corrected chi connectivity index (χ1v) is 8.73. The molecule has 1 fully saturated rings. The van der Waals surface area contributed by atoms with Crippen LogP contribution in [0.3, 0.4) is 0 Å². The van der Waals surface area contributed by atoms with Crippen LogP contribution in [-0.2, 0) is 22.1 Å². The molecule has 0 saturated carbocycles. The molecule has 2 heterocycles. The van der Waals surface area contributed by atoms with Crippen molar-refractivity contribution in [2.24, 2.45) is 7.05 Å². The van der Waals surface area contributed by atoms with Gasteiger partial charge in [-0.2, -0.15) is 22.5 Å². The smallest absolute Gasteiger partial charge is 0.280 e. The van der Waals surface area contributed by atoms with Crippen molar-refractivity contribution < 1.29 is 13.2 Å². The highest BCUT2D eigenvalue weighted by Gasteiger charge is 2.41. The van der Waals surface area contributed by atoms with E-state index in [4.69, 9.17) is 0 Å². The molecule has 1 aliphatic rings. The number of carbonyl (C=O) groups is 1. The summed E-state index contributed by atoms with van der Waals surface area (Å²) >= 11 is 0. The van der Waals surface area contributed by atoms with Crippen LogP contribution in [0.15, 0.2) is 6.20 Å². The van der Waals surface area contributed by atoms with Gasteiger partial charge in [0.1, 0.15) is 6.04 Å². The predicted octanol–water partition coefficient (Wildman–Crippen LogP) is -0.166. The second-order valence-corrected chi connectivity index (χ2v) is 7.34. The van der Waals surface area contributed by atoms with Crippen LogP contribution in [0.5, 0.6) is 0 Å². The zero-order valence-corrected chi connectivity index (χ0v) is 14.1. The fourth-order valence-corrected chi connectivity index (χ4v) is 3.90. The fraction of sp³-hybridized carbons (Fsp3) is 0.692. The molecule has 1 aliphatic heterocycles. The summed E-state index contributed by atoms with van der Waals surface area (Å²) in [6, 6.07) is -1.17. The van der Waals surface area contributed by atoms with Crippen molar-refractivity contribution >= 4 is 16.1 Å². The summed E-state index contributed by atoms with van der Waals surface area (Å²) in [5.74, 6) is -0.263. The molecule has 22 heavy (non-hydrogen) atoms. The van der Waals surface area contributed by atoms with Crippen LogP contribution in [-0.4, -0.2) is 48.0 Å². The van der Waals surface area contributed by atoms with Crippen LogP contribution in [0.4, 0.5) is 0 Å². The van der Waals surface area contributed by atoms with E-state index in [0.29, 0.717) is 13.0 Å². The Morgan fingerprint density at radius 3 is 2.73 bits per heavy atom.